The van der Waals surface area contributed by atoms with Crippen LogP contribution in [0, 0.1) is 5.82 Å². The fourth-order valence-electron chi connectivity index (χ4n) is 3.25. The summed E-state index contributed by atoms with van der Waals surface area (Å²) in [5.74, 6) is -0.390. The summed E-state index contributed by atoms with van der Waals surface area (Å²) in [5.41, 5.74) is 3.02. The van der Waals surface area contributed by atoms with Gasteiger partial charge < -0.3 is 15.4 Å². The lowest BCUT2D eigenvalue weighted by Crippen LogP contribution is -2.34. The number of imidazole rings is 1. The lowest BCUT2D eigenvalue weighted by Gasteiger charge is -2.19. The van der Waals surface area contributed by atoms with Gasteiger partial charge in [0.1, 0.15) is 11.6 Å². The molecule has 146 valence electrons. The normalized spacial score (nSPS) is 13.2. The summed E-state index contributed by atoms with van der Waals surface area (Å²) in [4.78, 5) is 20.6. The molecule has 29 heavy (non-hydrogen) atoms. The molecule has 0 aliphatic carbocycles. The van der Waals surface area contributed by atoms with Crippen LogP contribution in [-0.4, -0.2) is 21.0 Å². The number of hydrogen-bond donors (Lipinski definition) is 3. The molecule has 0 aliphatic heterocycles. The van der Waals surface area contributed by atoms with Crippen LogP contribution in [0.15, 0.2) is 78.9 Å². The second-order valence-corrected chi connectivity index (χ2v) is 6.84. The zero-order chi connectivity index (χ0) is 20.2. The fourth-order valence-corrected chi connectivity index (χ4v) is 3.25. The minimum atomic E-state index is -1.40. The fraction of sp³-hybridized carbons (Fsp3) is 0.130. The van der Waals surface area contributed by atoms with Gasteiger partial charge in [-0.15, -0.1) is 0 Å². The van der Waals surface area contributed by atoms with Gasteiger partial charge in [0.15, 0.2) is 6.10 Å². The number of hydrogen-bond acceptors (Lipinski definition) is 3. The van der Waals surface area contributed by atoms with Crippen molar-refractivity contribution >= 4 is 16.9 Å². The first-order valence-electron chi connectivity index (χ1n) is 9.32. The van der Waals surface area contributed by atoms with Crippen LogP contribution in [0.2, 0.25) is 0 Å². The molecule has 5 nitrogen and oxygen atoms in total. The summed E-state index contributed by atoms with van der Waals surface area (Å²) in [6, 6.07) is 22.1. The van der Waals surface area contributed by atoms with E-state index in [1.165, 1.54) is 24.3 Å². The van der Waals surface area contributed by atoms with Crippen molar-refractivity contribution in [2.45, 2.75) is 18.6 Å². The van der Waals surface area contributed by atoms with E-state index in [-0.39, 0.29) is 0 Å². The molecule has 6 heteroatoms. The molecule has 0 spiro atoms. The Kier molecular flexibility index (Phi) is 5.35. The van der Waals surface area contributed by atoms with Crippen molar-refractivity contribution in [1.29, 1.82) is 0 Å². The minimum Gasteiger partial charge on any atom is -0.378 e. The number of aromatic nitrogens is 2. The third-order valence-electron chi connectivity index (χ3n) is 4.77. The summed E-state index contributed by atoms with van der Waals surface area (Å²) in [5, 5.41) is 13.3. The van der Waals surface area contributed by atoms with Crippen molar-refractivity contribution in [2.24, 2.45) is 0 Å². The first kappa shape index (κ1) is 18.8. The van der Waals surface area contributed by atoms with E-state index < -0.39 is 23.9 Å². The van der Waals surface area contributed by atoms with Crippen molar-refractivity contribution < 1.29 is 14.3 Å². The molecule has 0 radical (unpaired) electrons. The van der Waals surface area contributed by atoms with Gasteiger partial charge in [-0.1, -0.05) is 54.6 Å². The van der Waals surface area contributed by atoms with Crippen LogP contribution in [0.5, 0.6) is 0 Å². The summed E-state index contributed by atoms with van der Waals surface area (Å²) < 4.78 is 13.1. The number of aromatic amines is 1. The zero-order valence-corrected chi connectivity index (χ0v) is 15.5. The van der Waals surface area contributed by atoms with Gasteiger partial charge in [-0.3, -0.25) is 4.79 Å². The number of fused-ring (bicyclic) bond motifs is 1. The van der Waals surface area contributed by atoms with Gasteiger partial charge in [-0.25, -0.2) is 9.37 Å². The molecule has 1 amide bonds. The van der Waals surface area contributed by atoms with Gasteiger partial charge in [-0.05, 0) is 41.8 Å². The Morgan fingerprint density at radius 1 is 1.00 bits per heavy atom. The monoisotopic (exact) mass is 389 g/mol. The molecular weight excluding hydrogens is 369 g/mol. The number of nitrogens with one attached hydrogen (secondary N) is 2. The maximum absolute atomic E-state index is 13.1. The van der Waals surface area contributed by atoms with Crippen molar-refractivity contribution in [3.63, 3.8) is 0 Å². The van der Waals surface area contributed by atoms with Gasteiger partial charge in [0.2, 0.25) is 0 Å². The molecule has 0 unspecified atom stereocenters. The Hall–Kier alpha value is -3.51. The lowest BCUT2D eigenvalue weighted by atomic mass is 10.0. The van der Waals surface area contributed by atoms with Crippen LogP contribution in [0.4, 0.5) is 4.39 Å². The molecule has 3 N–H and O–H groups in total. The minimum absolute atomic E-state index is 0.326. The predicted molar refractivity (Wildman–Crippen MR) is 108 cm³/mol. The van der Waals surface area contributed by atoms with E-state index in [0.29, 0.717) is 17.8 Å². The number of benzene rings is 3. The van der Waals surface area contributed by atoms with E-state index in [1.807, 2.05) is 54.6 Å². The van der Waals surface area contributed by atoms with Gasteiger partial charge in [0, 0.05) is 0 Å². The van der Waals surface area contributed by atoms with Gasteiger partial charge in [-0.2, -0.15) is 0 Å². The third kappa shape index (κ3) is 4.33. The topological polar surface area (TPSA) is 78.0 Å². The molecule has 2 atom stereocenters. The van der Waals surface area contributed by atoms with E-state index in [9.17, 15) is 14.3 Å². The van der Waals surface area contributed by atoms with Crippen LogP contribution >= 0.6 is 0 Å². The smallest absolute Gasteiger partial charge is 0.254 e. The molecule has 0 aliphatic rings. The number of halogens is 1. The first-order chi connectivity index (χ1) is 14.1. The highest BCUT2D eigenvalue weighted by atomic mass is 19.1. The number of para-hydroxylation sites is 2. The molecule has 1 aromatic heterocycles. The van der Waals surface area contributed by atoms with Crippen LogP contribution in [0.1, 0.15) is 29.1 Å². The molecule has 0 fully saturated rings. The number of aliphatic hydroxyl groups excluding tert-OH is 1. The van der Waals surface area contributed by atoms with Crippen LogP contribution in [0.3, 0.4) is 0 Å². The van der Waals surface area contributed by atoms with Crippen molar-refractivity contribution in [3.05, 3.63) is 102 Å². The summed E-state index contributed by atoms with van der Waals surface area (Å²) in [6.45, 7) is 0. The largest absolute Gasteiger partial charge is 0.378 e. The number of carbonyl (C=O) groups excluding carboxylic acids is 1. The molecule has 4 rings (SSSR count). The first-order valence-corrected chi connectivity index (χ1v) is 9.32. The van der Waals surface area contributed by atoms with E-state index in [0.717, 1.165) is 16.6 Å². The predicted octanol–water partition coefficient (Wildman–Crippen LogP) is 3.84. The maximum atomic E-state index is 13.1. The standard InChI is InChI=1S/C23H20FN3O2/c24-17-12-10-16(11-13-17)21(28)23(29)27-20(14-15-6-2-1-3-7-15)22-25-18-8-4-5-9-19(18)26-22/h1-13,20-21,28H,14H2,(H,25,26)(H,27,29)/t20-,21-/m1/s1. The van der Waals surface area contributed by atoms with Gasteiger partial charge in [0.25, 0.3) is 5.91 Å². The average molecular weight is 389 g/mol. The highest BCUT2D eigenvalue weighted by Crippen LogP contribution is 2.22. The number of H-pyrrole nitrogens is 1. The summed E-state index contributed by atoms with van der Waals surface area (Å²) in [7, 11) is 0. The van der Waals surface area contributed by atoms with Crippen LogP contribution < -0.4 is 5.32 Å². The Balaban J connectivity index is 1.60. The summed E-state index contributed by atoms with van der Waals surface area (Å²) >= 11 is 0. The Morgan fingerprint density at radius 3 is 2.41 bits per heavy atom. The highest BCUT2D eigenvalue weighted by molar-refractivity contribution is 5.82. The summed E-state index contributed by atoms with van der Waals surface area (Å²) in [6.07, 6.45) is -0.902. The molecule has 3 aromatic carbocycles. The van der Waals surface area contributed by atoms with Crippen LogP contribution in [0.25, 0.3) is 11.0 Å². The second kappa shape index (κ2) is 8.24. The van der Waals surface area contributed by atoms with Crippen molar-refractivity contribution in [1.82, 2.24) is 15.3 Å². The number of carbonyl (C=O) groups is 1. The number of nitrogens with zero attached hydrogens (tertiary/aromatic N) is 1. The van der Waals surface area contributed by atoms with Crippen LogP contribution in [-0.2, 0) is 11.2 Å². The van der Waals surface area contributed by atoms with E-state index >= 15 is 0 Å². The van der Waals surface area contributed by atoms with E-state index in [4.69, 9.17) is 0 Å². The van der Waals surface area contributed by atoms with E-state index in [1.54, 1.807) is 0 Å². The van der Waals surface area contributed by atoms with Gasteiger partial charge >= 0.3 is 0 Å². The molecule has 1 heterocycles. The van der Waals surface area contributed by atoms with Crippen molar-refractivity contribution in [3.8, 4) is 0 Å². The van der Waals surface area contributed by atoms with Gasteiger partial charge in [0.05, 0.1) is 17.1 Å². The molecule has 4 aromatic rings. The number of rotatable bonds is 6. The third-order valence-corrected chi connectivity index (χ3v) is 4.77. The van der Waals surface area contributed by atoms with E-state index in [2.05, 4.69) is 15.3 Å². The van der Waals surface area contributed by atoms with Crippen molar-refractivity contribution in [2.75, 3.05) is 0 Å². The second-order valence-electron chi connectivity index (χ2n) is 6.84. The maximum Gasteiger partial charge on any atom is 0.254 e. The number of amides is 1. The Bertz CT molecular complexity index is 1080. The number of aliphatic hydroxyl groups is 1. The molecule has 0 bridgehead atoms. The molecule has 0 saturated heterocycles. The quantitative estimate of drug-likeness (QED) is 0.469. The lowest BCUT2D eigenvalue weighted by molar-refractivity contribution is -0.130. The molecule has 0 saturated carbocycles. The zero-order valence-electron chi connectivity index (χ0n) is 15.5. The molecular formula is C23H20FN3O2. The Morgan fingerprint density at radius 2 is 1.69 bits per heavy atom. The highest BCUT2D eigenvalue weighted by Gasteiger charge is 2.24. The SMILES string of the molecule is O=C(N[C@H](Cc1ccccc1)c1nc2ccccc2[nH]1)[C@H](O)c1ccc(F)cc1. The Labute approximate surface area is 167 Å². The average Bonchev–Trinajstić information content (AvgIpc) is 3.18.